The summed E-state index contributed by atoms with van der Waals surface area (Å²) in [6.07, 6.45) is 1.78. The molecule has 2 aliphatic rings. The number of rotatable bonds is 1. The predicted molar refractivity (Wildman–Crippen MR) is 53.7 cm³/mol. The Kier molecular flexibility index (Phi) is 2.45. The second-order valence-electron chi connectivity index (χ2n) is 3.74. The van der Waals surface area contributed by atoms with Gasteiger partial charge in [0.2, 0.25) is 0 Å². The molecule has 0 aromatic rings. The minimum absolute atomic E-state index is 0.0837. The maximum Gasteiger partial charge on any atom is 0.251 e. The Morgan fingerprint density at radius 1 is 1.64 bits per heavy atom. The third-order valence-electron chi connectivity index (χ3n) is 2.80. The lowest BCUT2D eigenvalue weighted by molar-refractivity contribution is -0.118. The van der Waals surface area contributed by atoms with E-state index in [9.17, 15) is 4.79 Å². The maximum atomic E-state index is 11.5. The molecule has 2 aliphatic heterocycles. The molecule has 1 fully saturated rings. The van der Waals surface area contributed by atoms with Gasteiger partial charge < -0.3 is 14.2 Å². The lowest BCUT2D eigenvalue weighted by Gasteiger charge is -2.34. The van der Waals surface area contributed by atoms with Crippen molar-refractivity contribution in [3.63, 3.8) is 0 Å². The summed E-state index contributed by atoms with van der Waals surface area (Å²) in [6, 6.07) is 0. The number of nitrogens with one attached hydrogen (secondary N) is 1. The van der Waals surface area contributed by atoms with Crippen molar-refractivity contribution in [2.75, 3.05) is 13.2 Å². The Hall–Kier alpha value is -0.680. The van der Waals surface area contributed by atoms with Crippen LogP contribution in [0.3, 0.4) is 0 Å². The minimum Gasteiger partial charge on any atom is -0.430 e. The lowest BCUT2D eigenvalue weighted by Crippen LogP contribution is -2.51. The third-order valence-corrected chi connectivity index (χ3v) is 2.98. The second-order valence-corrected chi connectivity index (χ2v) is 3.92. The molecule has 1 spiro atoms. The largest absolute Gasteiger partial charge is 0.430 e. The van der Waals surface area contributed by atoms with Gasteiger partial charge in [0.05, 0.1) is 12.2 Å². The van der Waals surface area contributed by atoms with Gasteiger partial charge in [0, 0.05) is 19.5 Å². The molecule has 14 heavy (non-hydrogen) atoms. The topological polar surface area (TPSA) is 47.6 Å². The highest BCUT2D eigenvalue weighted by molar-refractivity contribution is 7.75. The number of hydrogen-bond acceptors (Lipinski definition) is 4. The van der Waals surface area contributed by atoms with E-state index in [0.717, 1.165) is 19.4 Å². The van der Waals surface area contributed by atoms with Crippen LogP contribution >= 0.6 is 12.9 Å². The average molecular weight is 215 g/mol. The van der Waals surface area contributed by atoms with Gasteiger partial charge in [-0.2, -0.15) is 0 Å². The molecule has 0 bridgehead atoms. The molecule has 2 rings (SSSR count). The average Bonchev–Trinajstić information content (AvgIpc) is 2.40. The zero-order valence-electron chi connectivity index (χ0n) is 8.00. The normalized spacial score (nSPS) is 32.3. The molecular weight excluding hydrogens is 202 g/mol. The number of hydrogen-bond donors (Lipinski definition) is 2. The molecule has 0 aromatic heterocycles. The molecule has 5 heteroatoms. The van der Waals surface area contributed by atoms with E-state index in [2.05, 4.69) is 18.2 Å². The molecule has 1 saturated heterocycles. The Labute approximate surface area is 88.3 Å². The number of amides is 1. The fourth-order valence-corrected chi connectivity index (χ4v) is 2.37. The van der Waals surface area contributed by atoms with Gasteiger partial charge in [-0.3, -0.25) is 4.79 Å². The fourth-order valence-electron chi connectivity index (χ4n) is 2.06. The summed E-state index contributed by atoms with van der Waals surface area (Å²) >= 11 is 3.79. The van der Waals surface area contributed by atoms with E-state index in [0.29, 0.717) is 17.9 Å². The van der Waals surface area contributed by atoms with Crippen molar-refractivity contribution in [2.45, 2.75) is 25.3 Å². The Morgan fingerprint density at radius 2 is 2.43 bits per heavy atom. The van der Waals surface area contributed by atoms with E-state index in [-0.39, 0.29) is 5.91 Å². The highest BCUT2D eigenvalue weighted by Gasteiger charge is 2.46. The number of carbonyl (C=O) groups excluding carboxylic acids is 1. The maximum absolute atomic E-state index is 11.5. The SMILES string of the molecule is CC1=C(OS)C2(CCCOC2)NC1=O. The molecule has 1 unspecified atom stereocenters. The molecule has 1 atom stereocenters. The van der Waals surface area contributed by atoms with Gasteiger partial charge >= 0.3 is 0 Å². The van der Waals surface area contributed by atoms with Crippen LogP contribution in [0.4, 0.5) is 0 Å². The summed E-state index contributed by atoms with van der Waals surface area (Å²) < 4.78 is 10.4. The van der Waals surface area contributed by atoms with Crippen molar-refractivity contribution < 1.29 is 13.7 Å². The molecule has 1 amide bonds. The quantitative estimate of drug-likeness (QED) is 0.502. The highest BCUT2D eigenvalue weighted by Crippen LogP contribution is 2.35. The van der Waals surface area contributed by atoms with Gasteiger partial charge in [-0.15, -0.1) is 0 Å². The number of ether oxygens (including phenoxy) is 1. The smallest absolute Gasteiger partial charge is 0.251 e. The van der Waals surface area contributed by atoms with Crippen LogP contribution in [-0.2, 0) is 13.7 Å². The molecular formula is C9H13NO3S. The summed E-state index contributed by atoms with van der Waals surface area (Å²) in [5.41, 5.74) is 0.145. The van der Waals surface area contributed by atoms with Crippen LogP contribution in [0.25, 0.3) is 0 Å². The van der Waals surface area contributed by atoms with Crippen molar-refractivity contribution in [1.82, 2.24) is 5.32 Å². The zero-order chi connectivity index (χ0) is 10.2. The van der Waals surface area contributed by atoms with Crippen molar-refractivity contribution in [2.24, 2.45) is 0 Å². The third kappa shape index (κ3) is 1.31. The van der Waals surface area contributed by atoms with E-state index in [4.69, 9.17) is 8.92 Å². The van der Waals surface area contributed by atoms with E-state index in [1.54, 1.807) is 6.92 Å². The molecule has 78 valence electrons. The first kappa shape index (κ1) is 9.86. The van der Waals surface area contributed by atoms with Crippen molar-refractivity contribution in [3.8, 4) is 0 Å². The van der Waals surface area contributed by atoms with Gasteiger partial charge in [-0.1, -0.05) is 0 Å². The first-order valence-corrected chi connectivity index (χ1v) is 4.99. The minimum atomic E-state index is -0.457. The molecule has 2 heterocycles. The molecule has 0 aliphatic carbocycles. The number of carbonyl (C=O) groups is 1. The predicted octanol–water partition coefficient (Wildman–Crippen LogP) is 0.801. The Morgan fingerprint density at radius 3 is 3.00 bits per heavy atom. The van der Waals surface area contributed by atoms with E-state index in [1.165, 1.54) is 0 Å². The molecule has 4 nitrogen and oxygen atoms in total. The standard InChI is InChI=1S/C9H13NO3S/c1-6-7(13-14)9(10-8(6)11)3-2-4-12-5-9/h14H,2-5H2,1H3,(H,10,11). The summed E-state index contributed by atoms with van der Waals surface area (Å²) in [7, 11) is 0. The van der Waals surface area contributed by atoms with Gasteiger partial charge in [-0.25, -0.2) is 0 Å². The van der Waals surface area contributed by atoms with E-state index in [1.807, 2.05) is 0 Å². The zero-order valence-corrected chi connectivity index (χ0v) is 8.89. The van der Waals surface area contributed by atoms with E-state index < -0.39 is 5.54 Å². The molecule has 0 radical (unpaired) electrons. The molecule has 0 aromatic carbocycles. The summed E-state index contributed by atoms with van der Waals surface area (Å²) in [4.78, 5) is 11.5. The van der Waals surface area contributed by atoms with Crippen molar-refractivity contribution in [1.29, 1.82) is 0 Å². The van der Waals surface area contributed by atoms with Crippen LogP contribution in [0, 0.1) is 0 Å². The second kappa shape index (κ2) is 3.47. The van der Waals surface area contributed by atoms with Gasteiger partial charge in [-0.05, 0) is 19.8 Å². The van der Waals surface area contributed by atoms with Crippen LogP contribution in [0.1, 0.15) is 19.8 Å². The van der Waals surface area contributed by atoms with Gasteiger partial charge in [0.25, 0.3) is 5.91 Å². The first-order valence-electron chi connectivity index (χ1n) is 4.63. The summed E-state index contributed by atoms with van der Waals surface area (Å²) in [5, 5.41) is 2.91. The van der Waals surface area contributed by atoms with Gasteiger partial charge in [0.1, 0.15) is 11.3 Å². The van der Waals surface area contributed by atoms with Crippen LogP contribution in [0.15, 0.2) is 11.3 Å². The van der Waals surface area contributed by atoms with E-state index >= 15 is 0 Å². The van der Waals surface area contributed by atoms with Crippen molar-refractivity contribution in [3.05, 3.63) is 11.3 Å². The summed E-state index contributed by atoms with van der Waals surface area (Å²) in [6.45, 7) is 2.97. The lowest BCUT2D eigenvalue weighted by atomic mass is 9.91. The summed E-state index contributed by atoms with van der Waals surface area (Å²) in [5.74, 6) is 0.532. The van der Waals surface area contributed by atoms with Crippen LogP contribution in [0.2, 0.25) is 0 Å². The Balaban J connectivity index is 2.32. The highest BCUT2D eigenvalue weighted by atomic mass is 32.1. The monoisotopic (exact) mass is 215 g/mol. The van der Waals surface area contributed by atoms with Crippen LogP contribution in [-0.4, -0.2) is 24.7 Å². The number of thiol groups is 1. The van der Waals surface area contributed by atoms with Gasteiger partial charge in [0.15, 0.2) is 0 Å². The first-order chi connectivity index (χ1) is 6.69. The fraction of sp³-hybridized carbons (Fsp3) is 0.667. The van der Waals surface area contributed by atoms with Crippen LogP contribution in [0.5, 0.6) is 0 Å². The molecule has 1 N–H and O–H groups in total. The Bertz CT molecular complexity index is 294. The van der Waals surface area contributed by atoms with Crippen molar-refractivity contribution >= 4 is 18.8 Å². The van der Waals surface area contributed by atoms with Crippen LogP contribution < -0.4 is 5.32 Å². The molecule has 0 saturated carbocycles.